The first-order chi connectivity index (χ1) is 14.6. The molecular weight excluding hydrogens is 415 g/mol. The van der Waals surface area contributed by atoms with Crippen LogP contribution in [0.3, 0.4) is 0 Å². The Kier molecular flexibility index (Phi) is 5.03. The van der Waals surface area contributed by atoms with E-state index >= 15 is 0 Å². The van der Waals surface area contributed by atoms with Gasteiger partial charge in [-0.25, -0.2) is 0 Å². The second-order valence-corrected chi connectivity index (χ2v) is 11.2. The van der Waals surface area contributed by atoms with Crippen LogP contribution in [0.25, 0.3) is 10.9 Å². The Morgan fingerprint density at radius 1 is 0.967 bits per heavy atom. The monoisotopic (exact) mass is 444 g/mol. The van der Waals surface area contributed by atoms with Crippen LogP contribution in [-0.4, -0.2) is 22.7 Å². The van der Waals surface area contributed by atoms with E-state index in [4.69, 9.17) is 28.2 Å². The molecule has 5 aliphatic rings. The Bertz CT molecular complexity index is 943. The van der Waals surface area contributed by atoms with Crippen LogP contribution in [0.4, 0.5) is 0 Å². The van der Waals surface area contributed by atoms with Crippen molar-refractivity contribution in [2.45, 2.75) is 69.4 Å². The van der Waals surface area contributed by atoms with Crippen molar-refractivity contribution < 1.29 is 5.11 Å². The van der Waals surface area contributed by atoms with Crippen molar-refractivity contribution in [3.8, 4) is 0 Å². The predicted molar refractivity (Wildman–Crippen MR) is 122 cm³/mol. The van der Waals surface area contributed by atoms with E-state index in [1.807, 2.05) is 6.07 Å². The number of fused-ring (bicyclic) bond motifs is 1. The zero-order chi connectivity index (χ0) is 20.4. The molecule has 1 aliphatic heterocycles. The highest BCUT2D eigenvalue weighted by Gasteiger charge is 2.49. The van der Waals surface area contributed by atoms with E-state index in [1.165, 1.54) is 38.5 Å². The van der Waals surface area contributed by atoms with Crippen LogP contribution in [0.5, 0.6) is 0 Å². The fourth-order valence-corrected chi connectivity index (χ4v) is 8.02. The minimum absolute atomic E-state index is 0.0773. The summed E-state index contributed by atoms with van der Waals surface area (Å²) in [5.74, 6) is 3.87. The summed E-state index contributed by atoms with van der Waals surface area (Å²) in [5.41, 5.74) is 2.91. The summed E-state index contributed by atoms with van der Waals surface area (Å²) < 4.78 is 0. The number of nitrogens with zero attached hydrogens (tertiary/aromatic N) is 1. The van der Waals surface area contributed by atoms with Gasteiger partial charge >= 0.3 is 0 Å². The topological polar surface area (TPSA) is 45.2 Å². The van der Waals surface area contributed by atoms with E-state index in [1.54, 1.807) is 6.07 Å². The Morgan fingerprint density at radius 3 is 2.37 bits per heavy atom. The maximum atomic E-state index is 11.4. The van der Waals surface area contributed by atoms with Gasteiger partial charge < -0.3 is 10.4 Å². The van der Waals surface area contributed by atoms with Crippen LogP contribution in [0, 0.1) is 23.7 Å². The first-order valence-electron chi connectivity index (χ1n) is 11.8. The molecule has 0 spiro atoms. The van der Waals surface area contributed by atoms with Gasteiger partial charge in [-0.3, -0.25) is 4.98 Å². The van der Waals surface area contributed by atoms with Crippen LogP contribution in [0.1, 0.15) is 74.6 Å². The summed E-state index contributed by atoms with van der Waals surface area (Å²) in [5, 5.41) is 17.0. The molecule has 160 valence electrons. The van der Waals surface area contributed by atoms with Gasteiger partial charge in [-0.1, -0.05) is 29.6 Å². The lowest BCUT2D eigenvalue weighted by Gasteiger charge is -2.54. The molecule has 0 radical (unpaired) electrons. The first kappa shape index (κ1) is 19.8. The maximum Gasteiger partial charge on any atom is 0.0950 e. The number of nitrogens with one attached hydrogen (secondary N) is 1. The average molecular weight is 445 g/mol. The van der Waals surface area contributed by atoms with E-state index in [9.17, 15) is 5.11 Å². The van der Waals surface area contributed by atoms with Gasteiger partial charge in [-0.05, 0) is 98.9 Å². The zero-order valence-corrected chi connectivity index (χ0v) is 18.8. The van der Waals surface area contributed by atoms with Gasteiger partial charge in [-0.2, -0.15) is 0 Å². The summed E-state index contributed by atoms with van der Waals surface area (Å²) in [7, 11) is 0. The van der Waals surface area contributed by atoms with Crippen molar-refractivity contribution in [3.05, 3.63) is 39.5 Å². The fourth-order valence-electron chi connectivity index (χ4n) is 7.49. The van der Waals surface area contributed by atoms with Gasteiger partial charge in [-0.15, -0.1) is 0 Å². The highest BCUT2D eigenvalue weighted by molar-refractivity contribution is 6.38. The number of aromatic nitrogens is 1. The standard InChI is InChI=1S/C25H30Cl2N2O/c26-17-10-18-19(25(30)21-3-1-2-4-28-21)12-22(29-24(18)20(27)11-17)23-15-6-13-5-14(8-15)9-16(23)7-13/h10-16,21,23,25,28,30H,1-9H2/t13?,14?,15?,16?,21-,23?,25+/m0/s1. The minimum atomic E-state index is -0.569. The first-order valence-corrected chi connectivity index (χ1v) is 12.5. The molecule has 1 saturated heterocycles. The van der Waals surface area contributed by atoms with Gasteiger partial charge in [0.05, 0.1) is 16.6 Å². The van der Waals surface area contributed by atoms with E-state index < -0.39 is 6.10 Å². The number of piperidine rings is 1. The molecule has 3 nitrogen and oxygen atoms in total. The smallest absolute Gasteiger partial charge is 0.0950 e. The Balaban J connectivity index is 1.47. The summed E-state index contributed by atoms with van der Waals surface area (Å²) in [6, 6.07) is 6.00. The maximum absolute atomic E-state index is 11.4. The Labute approximate surface area is 188 Å². The van der Waals surface area contributed by atoms with Crippen molar-refractivity contribution in [1.29, 1.82) is 0 Å². The van der Waals surface area contributed by atoms with Crippen LogP contribution in [-0.2, 0) is 0 Å². The molecular formula is C25H30Cl2N2O. The molecule has 2 aromatic rings. The molecule has 30 heavy (non-hydrogen) atoms. The van der Waals surface area contributed by atoms with Crippen molar-refractivity contribution in [2.75, 3.05) is 6.54 Å². The number of benzene rings is 1. The van der Waals surface area contributed by atoms with Gasteiger partial charge in [0.15, 0.2) is 0 Å². The number of rotatable bonds is 3. The lowest BCUT2D eigenvalue weighted by molar-refractivity contribution is -0.00416. The number of hydrogen-bond acceptors (Lipinski definition) is 3. The third-order valence-corrected chi connectivity index (χ3v) is 9.01. The van der Waals surface area contributed by atoms with E-state index in [0.29, 0.717) is 16.0 Å². The average Bonchev–Trinajstić information content (AvgIpc) is 2.73. The summed E-state index contributed by atoms with van der Waals surface area (Å²) >= 11 is 13.0. The number of halogens is 2. The van der Waals surface area contributed by atoms with Crippen LogP contribution in [0.15, 0.2) is 18.2 Å². The fraction of sp³-hybridized carbons (Fsp3) is 0.640. The number of pyridine rings is 1. The van der Waals surface area contributed by atoms with Crippen LogP contribution in [0.2, 0.25) is 10.0 Å². The Morgan fingerprint density at radius 2 is 1.70 bits per heavy atom. The quantitative estimate of drug-likeness (QED) is 0.587. The molecule has 1 aromatic heterocycles. The molecule has 2 atom stereocenters. The largest absolute Gasteiger partial charge is 0.387 e. The van der Waals surface area contributed by atoms with Gasteiger partial charge in [0.1, 0.15) is 0 Å². The molecule has 0 amide bonds. The number of aliphatic hydroxyl groups is 1. The van der Waals surface area contributed by atoms with Crippen molar-refractivity contribution in [3.63, 3.8) is 0 Å². The van der Waals surface area contributed by atoms with E-state index in [2.05, 4.69) is 11.4 Å². The highest BCUT2D eigenvalue weighted by Crippen LogP contribution is 2.59. The van der Waals surface area contributed by atoms with Crippen molar-refractivity contribution >= 4 is 34.1 Å². The van der Waals surface area contributed by atoms with Gasteiger partial charge in [0, 0.05) is 28.1 Å². The second-order valence-electron chi connectivity index (χ2n) is 10.4. The molecule has 4 saturated carbocycles. The molecule has 4 aliphatic carbocycles. The minimum Gasteiger partial charge on any atom is -0.387 e. The SMILES string of the molecule is O[C@H](c1cc(C2C3CC4CC(C3)CC2C4)nc2c(Cl)cc(Cl)cc12)[C@@H]1CCCCN1. The molecule has 2 N–H and O–H groups in total. The van der Waals surface area contributed by atoms with E-state index in [0.717, 1.165) is 65.2 Å². The second kappa shape index (κ2) is 7.62. The Hall–Kier alpha value is -0.870. The summed E-state index contributed by atoms with van der Waals surface area (Å²) in [6.45, 7) is 0.967. The molecule has 5 fully saturated rings. The lowest BCUT2D eigenvalue weighted by atomic mass is 9.51. The van der Waals surface area contributed by atoms with Gasteiger partial charge in [0.25, 0.3) is 0 Å². The van der Waals surface area contributed by atoms with Crippen molar-refractivity contribution in [1.82, 2.24) is 10.3 Å². The molecule has 2 heterocycles. The third kappa shape index (κ3) is 3.28. The molecule has 1 aromatic carbocycles. The zero-order valence-electron chi connectivity index (χ0n) is 17.3. The predicted octanol–water partition coefficient (Wildman–Crippen LogP) is 6.26. The number of hydrogen-bond donors (Lipinski definition) is 2. The summed E-state index contributed by atoms with van der Waals surface area (Å²) in [4.78, 5) is 5.13. The molecule has 7 rings (SSSR count). The normalized spacial score (nSPS) is 36.4. The molecule has 5 heteroatoms. The van der Waals surface area contributed by atoms with Gasteiger partial charge in [0.2, 0.25) is 0 Å². The van der Waals surface area contributed by atoms with Crippen LogP contribution < -0.4 is 5.32 Å². The lowest BCUT2D eigenvalue weighted by Crippen LogP contribution is -2.44. The number of aliphatic hydroxyl groups excluding tert-OH is 1. The van der Waals surface area contributed by atoms with Crippen molar-refractivity contribution in [2.24, 2.45) is 23.7 Å². The molecule has 4 bridgehead atoms. The third-order valence-electron chi connectivity index (χ3n) is 8.50. The highest BCUT2D eigenvalue weighted by atomic mass is 35.5. The van der Waals surface area contributed by atoms with E-state index in [-0.39, 0.29) is 6.04 Å². The molecule has 0 unspecified atom stereocenters. The summed E-state index contributed by atoms with van der Waals surface area (Å²) in [6.07, 6.45) is 9.63. The van der Waals surface area contributed by atoms with Crippen LogP contribution >= 0.6 is 23.2 Å².